The van der Waals surface area contributed by atoms with Crippen LogP contribution in [0.2, 0.25) is 0 Å². The highest BCUT2D eigenvalue weighted by Crippen LogP contribution is 2.37. The Balaban J connectivity index is 0.000000125. The van der Waals surface area contributed by atoms with E-state index < -0.39 is 0 Å². The minimum absolute atomic E-state index is 0.816. The molecule has 1 aliphatic carbocycles. The van der Waals surface area contributed by atoms with E-state index in [1.54, 1.807) is 0 Å². The fourth-order valence-electron chi connectivity index (χ4n) is 4.04. The first-order chi connectivity index (χ1) is 14.2. The topological polar surface area (TPSA) is 64.9 Å². The van der Waals surface area contributed by atoms with Crippen LogP contribution in [0.5, 0.6) is 0 Å². The third-order valence-corrected chi connectivity index (χ3v) is 5.45. The summed E-state index contributed by atoms with van der Waals surface area (Å²) in [6.45, 7) is 0. The number of hydrogen-bond acceptors (Lipinski definition) is 3. The maximum atomic E-state index is 6.11. The van der Waals surface area contributed by atoms with Crippen LogP contribution >= 0.6 is 0 Å². The molecule has 3 nitrogen and oxygen atoms in total. The second-order valence-electron chi connectivity index (χ2n) is 7.31. The number of hydrogen-bond donors (Lipinski definition) is 2. The van der Waals surface area contributed by atoms with Crippen LogP contribution in [0.4, 0.5) is 11.4 Å². The lowest BCUT2D eigenvalue weighted by Gasteiger charge is -2.05. The lowest BCUT2D eigenvalue weighted by Crippen LogP contribution is -1.91. The maximum Gasteiger partial charge on any atom is 0.0730 e. The molecule has 0 unspecified atom stereocenters. The van der Waals surface area contributed by atoms with Crippen molar-refractivity contribution in [1.29, 1.82) is 0 Å². The van der Waals surface area contributed by atoms with Gasteiger partial charge in [0, 0.05) is 16.5 Å². The van der Waals surface area contributed by atoms with Gasteiger partial charge in [-0.1, -0.05) is 66.7 Å². The fourth-order valence-corrected chi connectivity index (χ4v) is 4.04. The van der Waals surface area contributed by atoms with E-state index in [0.29, 0.717) is 0 Å². The second-order valence-corrected chi connectivity index (χ2v) is 7.31. The number of rotatable bonds is 0. The molecule has 0 radical (unpaired) electrons. The van der Waals surface area contributed by atoms with Crippen molar-refractivity contribution in [2.75, 3.05) is 11.5 Å². The predicted molar refractivity (Wildman–Crippen MR) is 123 cm³/mol. The van der Waals surface area contributed by atoms with E-state index in [1.807, 2.05) is 54.6 Å². The molecule has 29 heavy (non-hydrogen) atoms. The van der Waals surface area contributed by atoms with Crippen LogP contribution < -0.4 is 11.5 Å². The van der Waals surface area contributed by atoms with Gasteiger partial charge in [-0.15, -0.1) is 0 Å². The highest BCUT2D eigenvalue weighted by atomic mass is 14.7. The standard InChI is InChI=1S/C13H10N2.C13H11N/c14-13-9-5-1-3-7-11(9)15-12-8-4-2-6-10(12)13;14-11-5-6-13-10(8-11)7-9-3-1-2-4-12(9)13/h1-8H,(H2,14,15);1-6,8H,7,14H2. The average Bonchev–Trinajstić information content (AvgIpc) is 3.12. The molecule has 0 spiro atoms. The zero-order chi connectivity index (χ0) is 19.8. The van der Waals surface area contributed by atoms with Crippen LogP contribution in [0.25, 0.3) is 32.9 Å². The van der Waals surface area contributed by atoms with Gasteiger partial charge < -0.3 is 11.5 Å². The van der Waals surface area contributed by atoms with Gasteiger partial charge in [0.1, 0.15) is 0 Å². The van der Waals surface area contributed by atoms with Gasteiger partial charge in [0.15, 0.2) is 0 Å². The van der Waals surface area contributed by atoms with E-state index >= 15 is 0 Å². The summed E-state index contributed by atoms with van der Waals surface area (Å²) < 4.78 is 0. The van der Waals surface area contributed by atoms with E-state index in [0.717, 1.165) is 39.6 Å². The molecule has 0 bridgehead atoms. The van der Waals surface area contributed by atoms with Gasteiger partial charge in [-0.3, -0.25) is 0 Å². The van der Waals surface area contributed by atoms with Gasteiger partial charge in [0.05, 0.1) is 16.7 Å². The number of nitrogens with two attached hydrogens (primary N) is 2. The van der Waals surface area contributed by atoms with Crippen molar-refractivity contribution < 1.29 is 0 Å². The summed E-state index contributed by atoms with van der Waals surface area (Å²) >= 11 is 0. The second kappa shape index (κ2) is 6.95. The molecule has 5 aromatic rings. The Morgan fingerprint density at radius 3 is 1.90 bits per heavy atom. The van der Waals surface area contributed by atoms with Crippen molar-refractivity contribution in [1.82, 2.24) is 4.98 Å². The summed E-state index contributed by atoms with van der Waals surface area (Å²) in [6.07, 6.45) is 1.02. The van der Waals surface area contributed by atoms with Gasteiger partial charge in [0.25, 0.3) is 0 Å². The number of aromatic nitrogens is 1. The molecule has 0 saturated carbocycles. The summed E-state index contributed by atoms with van der Waals surface area (Å²) in [5.41, 5.74) is 20.9. The van der Waals surface area contributed by atoms with Crippen molar-refractivity contribution in [2.24, 2.45) is 0 Å². The number of anilines is 2. The summed E-state index contributed by atoms with van der Waals surface area (Å²) in [6, 6.07) is 30.6. The molecular formula is C26H21N3. The summed E-state index contributed by atoms with van der Waals surface area (Å²) in [5.74, 6) is 0. The van der Waals surface area contributed by atoms with Gasteiger partial charge in [0.2, 0.25) is 0 Å². The van der Waals surface area contributed by atoms with Crippen LogP contribution in [-0.2, 0) is 6.42 Å². The smallest absolute Gasteiger partial charge is 0.0730 e. The molecule has 6 rings (SSSR count). The minimum atomic E-state index is 0.816. The molecule has 0 fully saturated rings. The van der Waals surface area contributed by atoms with E-state index in [9.17, 15) is 0 Å². The van der Waals surface area contributed by atoms with Crippen LogP contribution in [0.15, 0.2) is 91.0 Å². The first-order valence-electron chi connectivity index (χ1n) is 9.70. The summed E-state index contributed by atoms with van der Waals surface area (Å²) in [7, 11) is 0. The Labute approximate surface area is 169 Å². The van der Waals surface area contributed by atoms with Crippen LogP contribution in [0.3, 0.4) is 0 Å². The molecule has 0 saturated heterocycles. The lowest BCUT2D eigenvalue weighted by molar-refractivity contribution is 1.26. The Morgan fingerprint density at radius 1 is 0.586 bits per heavy atom. The van der Waals surface area contributed by atoms with Gasteiger partial charge in [-0.05, 0) is 52.9 Å². The third kappa shape index (κ3) is 3.07. The van der Waals surface area contributed by atoms with Gasteiger partial charge in [-0.2, -0.15) is 0 Å². The molecule has 1 aromatic heterocycles. The van der Waals surface area contributed by atoms with Gasteiger partial charge in [-0.25, -0.2) is 4.98 Å². The molecule has 140 valence electrons. The third-order valence-electron chi connectivity index (χ3n) is 5.45. The quantitative estimate of drug-likeness (QED) is 0.260. The largest absolute Gasteiger partial charge is 0.399 e. The minimum Gasteiger partial charge on any atom is -0.399 e. The van der Waals surface area contributed by atoms with E-state index in [4.69, 9.17) is 11.5 Å². The number of para-hydroxylation sites is 2. The van der Waals surface area contributed by atoms with Crippen molar-refractivity contribution in [3.05, 3.63) is 102 Å². The monoisotopic (exact) mass is 375 g/mol. The first-order valence-corrected chi connectivity index (χ1v) is 9.70. The predicted octanol–water partition coefficient (Wildman–Crippen LogP) is 5.81. The van der Waals surface area contributed by atoms with Crippen LogP contribution in [-0.4, -0.2) is 4.98 Å². The molecular weight excluding hydrogens is 354 g/mol. The van der Waals surface area contributed by atoms with Crippen molar-refractivity contribution in [2.45, 2.75) is 6.42 Å². The normalized spacial score (nSPS) is 11.6. The summed E-state index contributed by atoms with van der Waals surface area (Å²) in [5, 5.41) is 2.05. The zero-order valence-corrected chi connectivity index (χ0v) is 16.0. The van der Waals surface area contributed by atoms with Crippen molar-refractivity contribution in [3.8, 4) is 11.1 Å². The molecule has 0 aliphatic heterocycles. The average molecular weight is 375 g/mol. The SMILES string of the molecule is Nc1c2ccccc2nc2ccccc12.Nc1ccc2c(c1)Cc1ccccc1-2. The summed E-state index contributed by atoms with van der Waals surface area (Å²) in [4.78, 5) is 4.56. The number of nitrogen functional groups attached to an aromatic ring is 2. The molecule has 1 aliphatic rings. The zero-order valence-electron chi connectivity index (χ0n) is 16.0. The number of benzene rings is 4. The Bertz CT molecular complexity index is 1300. The highest BCUT2D eigenvalue weighted by molar-refractivity contribution is 6.06. The maximum absolute atomic E-state index is 6.11. The van der Waals surface area contributed by atoms with Crippen LogP contribution in [0, 0.1) is 0 Å². The molecule has 0 atom stereocenters. The molecule has 1 heterocycles. The van der Waals surface area contributed by atoms with Crippen LogP contribution in [0.1, 0.15) is 11.1 Å². The lowest BCUT2D eigenvalue weighted by atomic mass is 10.1. The number of pyridine rings is 1. The molecule has 4 aromatic carbocycles. The Kier molecular flexibility index (Phi) is 4.14. The highest BCUT2D eigenvalue weighted by Gasteiger charge is 2.16. The van der Waals surface area contributed by atoms with Crippen molar-refractivity contribution in [3.63, 3.8) is 0 Å². The van der Waals surface area contributed by atoms with Crippen molar-refractivity contribution >= 4 is 33.2 Å². The number of nitrogens with zero attached hydrogens (tertiary/aromatic N) is 1. The molecule has 4 N–H and O–H groups in total. The van der Waals surface area contributed by atoms with E-state index in [2.05, 4.69) is 41.4 Å². The fraction of sp³-hybridized carbons (Fsp3) is 0.0385. The number of fused-ring (bicyclic) bond motifs is 5. The molecule has 3 heteroatoms. The van der Waals surface area contributed by atoms with E-state index in [-0.39, 0.29) is 0 Å². The Hall–Kier alpha value is -3.85. The Morgan fingerprint density at radius 2 is 1.17 bits per heavy atom. The van der Waals surface area contributed by atoms with Gasteiger partial charge >= 0.3 is 0 Å². The molecule has 0 amide bonds. The first kappa shape index (κ1) is 17.3. The van der Waals surface area contributed by atoms with E-state index in [1.165, 1.54) is 22.3 Å².